The van der Waals surface area contributed by atoms with Gasteiger partial charge in [-0.3, -0.25) is 4.79 Å². The summed E-state index contributed by atoms with van der Waals surface area (Å²) in [5, 5.41) is 7.57. The van der Waals surface area contributed by atoms with Crippen LogP contribution in [0.25, 0.3) is 0 Å². The lowest BCUT2D eigenvalue weighted by molar-refractivity contribution is -0.131. The molecule has 0 bridgehead atoms. The molecule has 2 aliphatic rings. The molecule has 158 valence electrons. The van der Waals surface area contributed by atoms with Crippen LogP contribution in [-0.4, -0.2) is 34.3 Å². The highest BCUT2D eigenvalue weighted by Gasteiger charge is 2.49. The van der Waals surface area contributed by atoms with E-state index in [4.69, 9.17) is 0 Å². The van der Waals surface area contributed by atoms with Gasteiger partial charge >= 0.3 is 12.6 Å². The first kappa shape index (κ1) is 20.1. The van der Waals surface area contributed by atoms with E-state index in [1.54, 1.807) is 6.92 Å². The third-order valence-electron chi connectivity index (χ3n) is 5.57. The third-order valence-corrected chi connectivity index (χ3v) is 5.57. The van der Waals surface area contributed by atoms with Crippen LogP contribution in [0.2, 0.25) is 0 Å². The highest BCUT2D eigenvalue weighted by molar-refractivity contribution is 6.07. The Morgan fingerprint density at radius 2 is 1.90 bits per heavy atom. The van der Waals surface area contributed by atoms with Crippen molar-refractivity contribution in [2.75, 3.05) is 0 Å². The molecule has 0 radical (unpaired) electrons. The zero-order valence-corrected chi connectivity index (χ0v) is 16.9. The molecule has 1 aliphatic carbocycles. The predicted octanol–water partition coefficient (Wildman–Crippen LogP) is 3.84. The summed E-state index contributed by atoms with van der Waals surface area (Å²) >= 11 is 0. The summed E-state index contributed by atoms with van der Waals surface area (Å²) in [6, 6.07) is 7.43. The van der Waals surface area contributed by atoms with E-state index in [9.17, 15) is 18.4 Å². The molecule has 2 heterocycles. The number of aryl methyl sites for hydroxylation is 1. The van der Waals surface area contributed by atoms with Crippen LogP contribution in [0.4, 0.5) is 13.6 Å². The van der Waals surface area contributed by atoms with Crippen LogP contribution in [0.15, 0.2) is 35.4 Å². The Bertz CT molecular complexity index is 1030. The van der Waals surface area contributed by atoms with Crippen LogP contribution >= 0.6 is 0 Å². The van der Waals surface area contributed by atoms with Gasteiger partial charge in [0.25, 0.3) is 5.91 Å². The van der Waals surface area contributed by atoms with E-state index >= 15 is 0 Å². The van der Waals surface area contributed by atoms with Gasteiger partial charge in [0.2, 0.25) is 0 Å². The number of urea groups is 1. The summed E-state index contributed by atoms with van der Waals surface area (Å²) in [7, 11) is 0. The van der Waals surface area contributed by atoms with Crippen LogP contribution in [0.1, 0.15) is 48.3 Å². The second-order valence-corrected chi connectivity index (χ2v) is 7.75. The number of nitrogens with one attached hydrogen (secondary N) is 1. The van der Waals surface area contributed by atoms with Gasteiger partial charge in [-0.05, 0) is 57.4 Å². The molecule has 1 saturated carbocycles. The first-order chi connectivity index (χ1) is 14.2. The lowest BCUT2D eigenvalue weighted by Crippen LogP contribution is -2.40. The van der Waals surface area contributed by atoms with E-state index in [0.717, 1.165) is 34.8 Å². The van der Waals surface area contributed by atoms with Crippen molar-refractivity contribution in [2.45, 2.75) is 51.8 Å². The number of nitrogens with zero attached hydrogens (tertiary/aromatic N) is 3. The minimum atomic E-state index is -2.94. The molecule has 1 saturated heterocycles. The largest absolute Gasteiger partial charge is 0.435 e. The molecule has 1 aromatic heterocycles. The first-order valence-electron chi connectivity index (χ1n) is 9.65. The number of rotatable bonds is 6. The van der Waals surface area contributed by atoms with Crippen LogP contribution < -0.4 is 10.1 Å². The molecular weight excluding hydrogens is 394 g/mol. The quantitative estimate of drug-likeness (QED) is 0.574. The Hall–Kier alpha value is -3.23. The number of carbonyl (C=O) groups excluding carboxylic acids is 2. The molecule has 4 rings (SSSR count). The number of hydrogen-bond donors (Lipinski definition) is 1. The summed E-state index contributed by atoms with van der Waals surface area (Å²) in [5.74, 6) is -0.586. The van der Waals surface area contributed by atoms with Crippen molar-refractivity contribution < 1.29 is 23.1 Å². The van der Waals surface area contributed by atoms with Gasteiger partial charge in [0.15, 0.2) is 0 Å². The van der Waals surface area contributed by atoms with Gasteiger partial charge in [0.1, 0.15) is 11.3 Å². The number of hydrazone groups is 1. The lowest BCUT2D eigenvalue weighted by atomic mass is 9.92. The van der Waals surface area contributed by atoms with Crippen molar-refractivity contribution >= 4 is 18.2 Å². The number of ether oxygens (including phenoxy) is 1. The maximum Gasteiger partial charge on any atom is 0.387 e. The van der Waals surface area contributed by atoms with Gasteiger partial charge < -0.3 is 14.6 Å². The van der Waals surface area contributed by atoms with Gasteiger partial charge in [-0.1, -0.05) is 12.1 Å². The van der Waals surface area contributed by atoms with E-state index in [2.05, 4.69) is 19.7 Å². The molecule has 3 amide bonds. The monoisotopic (exact) mass is 416 g/mol. The van der Waals surface area contributed by atoms with Crippen LogP contribution in [0, 0.1) is 13.8 Å². The Morgan fingerprint density at radius 1 is 1.23 bits per heavy atom. The van der Waals surface area contributed by atoms with Crippen molar-refractivity contribution in [3.8, 4) is 5.75 Å². The fraction of sp³-hybridized carbons (Fsp3) is 0.381. The number of imide groups is 1. The van der Waals surface area contributed by atoms with Crippen molar-refractivity contribution in [2.24, 2.45) is 5.10 Å². The zero-order chi connectivity index (χ0) is 21.6. The Labute approximate surface area is 172 Å². The number of benzene rings is 1. The predicted molar refractivity (Wildman–Crippen MR) is 106 cm³/mol. The van der Waals surface area contributed by atoms with E-state index in [1.807, 2.05) is 19.9 Å². The number of carbonyl (C=O) groups is 2. The highest BCUT2D eigenvalue weighted by atomic mass is 19.3. The summed E-state index contributed by atoms with van der Waals surface area (Å²) in [6.45, 7) is 2.62. The van der Waals surface area contributed by atoms with Crippen molar-refractivity contribution in [3.63, 3.8) is 0 Å². The number of amides is 3. The maximum atomic E-state index is 13.0. The number of aromatic nitrogens is 1. The van der Waals surface area contributed by atoms with Crippen molar-refractivity contribution in [1.29, 1.82) is 0 Å². The van der Waals surface area contributed by atoms with Crippen LogP contribution in [0.5, 0.6) is 5.75 Å². The average molecular weight is 416 g/mol. The molecule has 2 aromatic rings. The summed E-state index contributed by atoms with van der Waals surface area (Å²) in [5.41, 5.74) is 2.09. The lowest BCUT2D eigenvalue weighted by Gasteiger charge is -2.21. The molecule has 1 N–H and O–H groups in total. The Kier molecular flexibility index (Phi) is 4.83. The summed E-state index contributed by atoms with van der Waals surface area (Å²) < 4.78 is 31.2. The fourth-order valence-electron chi connectivity index (χ4n) is 3.84. The molecule has 1 aliphatic heterocycles. The molecule has 1 atom stereocenters. The maximum absolute atomic E-state index is 13.0. The Balaban J connectivity index is 1.55. The minimum Gasteiger partial charge on any atom is -0.435 e. The van der Waals surface area contributed by atoms with Gasteiger partial charge in [0.05, 0.1) is 6.21 Å². The van der Waals surface area contributed by atoms with Gasteiger partial charge in [0, 0.05) is 23.0 Å². The van der Waals surface area contributed by atoms with E-state index in [1.165, 1.54) is 30.5 Å². The minimum absolute atomic E-state index is 0.0324. The van der Waals surface area contributed by atoms with Crippen molar-refractivity contribution in [3.05, 3.63) is 52.8 Å². The molecule has 1 unspecified atom stereocenters. The molecule has 0 spiro atoms. The molecule has 1 aromatic carbocycles. The molecule has 7 nitrogen and oxygen atoms in total. The highest BCUT2D eigenvalue weighted by Crippen LogP contribution is 2.38. The zero-order valence-electron chi connectivity index (χ0n) is 16.9. The SMILES string of the molecule is Cc1cc(/C=N/N2C(=O)NC(C)(c3ccc(OC(F)F)cc3)C2=O)c(C)n1C1CC1. The standard InChI is InChI=1S/C21H22F2N4O3/c1-12-10-14(13(2)26(12)16-6-7-16)11-24-27-18(28)21(3,25-20(27)29)15-4-8-17(9-5-15)30-19(22)23/h4-5,8-11,16,19H,6-7H2,1-3H3,(H,25,29)/b24-11+. The first-order valence-corrected chi connectivity index (χ1v) is 9.65. The number of halogens is 2. The van der Waals surface area contributed by atoms with Gasteiger partial charge in [-0.2, -0.15) is 13.9 Å². The van der Waals surface area contributed by atoms with E-state index < -0.39 is 24.1 Å². The molecular formula is C21H22F2N4O3. The number of hydrogen-bond acceptors (Lipinski definition) is 4. The second-order valence-electron chi connectivity index (χ2n) is 7.75. The van der Waals surface area contributed by atoms with E-state index in [-0.39, 0.29) is 5.75 Å². The fourth-order valence-corrected chi connectivity index (χ4v) is 3.84. The van der Waals surface area contributed by atoms with Crippen molar-refractivity contribution in [1.82, 2.24) is 14.9 Å². The van der Waals surface area contributed by atoms with Gasteiger partial charge in [-0.15, -0.1) is 5.01 Å². The summed E-state index contributed by atoms with van der Waals surface area (Å²) in [4.78, 5) is 25.4. The topological polar surface area (TPSA) is 75.9 Å². The molecule has 30 heavy (non-hydrogen) atoms. The smallest absolute Gasteiger partial charge is 0.387 e. The average Bonchev–Trinajstić information content (AvgIpc) is 3.43. The normalized spacial score (nSPS) is 21.7. The van der Waals surface area contributed by atoms with E-state index in [0.29, 0.717) is 11.6 Å². The Morgan fingerprint density at radius 3 is 2.50 bits per heavy atom. The van der Waals surface area contributed by atoms with Crippen LogP contribution in [-0.2, 0) is 10.3 Å². The molecule has 2 fully saturated rings. The van der Waals surface area contributed by atoms with Gasteiger partial charge in [-0.25, -0.2) is 4.79 Å². The molecule has 9 heteroatoms. The third kappa shape index (κ3) is 3.44. The van der Waals surface area contributed by atoms with Crippen LogP contribution in [0.3, 0.4) is 0 Å². The second kappa shape index (κ2) is 7.23. The summed E-state index contributed by atoms with van der Waals surface area (Å²) in [6.07, 6.45) is 3.82. The number of alkyl halides is 2.